The molecule has 1 saturated heterocycles. The van der Waals surface area contributed by atoms with E-state index in [4.69, 9.17) is 22.3 Å². The number of hydrogen-bond acceptors (Lipinski definition) is 8. The topological polar surface area (TPSA) is 132 Å². The van der Waals surface area contributed by atoms with Crippen LogP contribution in [0.1, 0.15) is 49.3 Å². The van der Waals surface area contributed by atoms with Gasteiger partial charge >= 0.3 is 0 Å². The van der Waals surface area contributed by atoms with E-state index in [1.807, 2.05) is 11.0 Å². The number of anilines is 2. The molecule has 3 N–H and O–H groups in total. The molecule has 0 bridgehead atoms. The highest BCUT2D eigenvalue weighted by molar-refractivity contribution is 6.29. The Kier molecular flexibility index (Phi) is 5.81. The first-order chi connectivity index (χ1) is 16.0. The molecule has 2 saturated carbocycles. The third kappa shape index (κ3) is 4.45. The van der Waals surface area contributed by atoms with Crippen molar-refractivity contribution in [3.63, 3.8) is 0 Å². The molecule has 1 unspecified atom stereocenters. The number of amides is 1. The molecule has 172 valence electrons. The number of piperazine rings is 1. The maximum absolute atomic E-state index is 12.6. The normalized spacial score (nSPS) is 20.6. The van der Waals surface area contributed by atoms with E-state index < -0.39 is 0 Å². The standard InChI is InChI=1S/C23H26ClN7O2/c24-19-10-17(27-23(26)28-19)16-9-15(11-25)22(29-21(16)14-3-4-14)30-6-7-31(20(33)5-8-32)18(12-30)13-1-2-13/h9-10,13-14,18,32H,1-8,12H2,(H2,26,27,28). The number of nitriles is 1. The molecule has 10 heteroatoms. The molecular formula is C23H26ClN7O2. The van der Waals surface area contributed by atoms with E-state index in [1.165, 1.54) is 0 Å². The fourth-order valence-corrected chi connectivity index (χ4v) is 4.91. The molecule has 33 heavy (non-hydrogen) atoms. The van der Waals surface area contributed by atoms with Gasteiger partial charge in [0.15, 0.2) is 0 Å². The van der Waals surface area contributed by atoms with Gasteiger partial charge in [-0.05, 0) is 37.7 Å². The van der Waals surface area contributed by atoms with Crippen LogP contribution in [-0.2, 0) is 4.79 Å². The monoisotopic (exact) mass is 467 g/mol. The van der Waals surface area contributed by atoms with Gasteiger partial charge in [0.25, 0.3) is 0 Å². The molecule has 1 amide bonds. The largest absolute Gasteiger partial charge is 0.396 e. The van der Waals surface area contributed by atoms with Crippen molar-refractivity contribution in [1.29, 1.82) is 5.26 Å². The highest BCUT2D eigenvalue weighted by Gasteiger charge is 2.41. The third-order valence-corrected chi connectivity index (χ3v) is 6.83. The molecule has 3 aliphatic rings. The summed E-state index contributed by atoms with van der Waals surface area (Å²) < 4.78 is 0. The van der Waals surface area contributed by atoms with E-state index in [-0.39, 0.29) is 36.1 Å². The maximum Gasteiger partial charge on any atom is 0.225 e. The number of nitrogens with zero attached hydrogens (tertiary/aromatic N) is 6. The second kappa shape index (κ2) is 8.76. The van der Waals surface area contributed by atoms with Crippen molar-refractivity contribution in [2.45, 2.75) is 44.1 Å². The first-order valence-corrected chi connectivity index (χ1v) is 11.8. The van der Waals surface area contributed by atoms with Crippen molar-refractivity contribution in [1.82, 2.24) is 19.9 Å². The zero-order chi connectivity index (χ0) is 23.1. The van der Waals surface area contributed by atoms with Crippen LogP contribution >= 0.6 is 11.6 Å². The molecule has 0 aromatic carbocycles. The van der Waals surface area contributed by atoms with Gasteiger partial charge in [0.05, 0.1) is 29.6 Å². The van der Waals surface area contributed by atoms with Gasteiger partial charge in [0.1, 0.15) is 17.0 Å². The number of carbonyl (C=O) groups excluding carboxylic acids is 1. The molecule has 9 nitrogen and oxygen atoms in total. The second-order valence-electron chi connectivity index (χ2n) is 9.02. The van der Waals surface area contributed by atoms with Crippen molar-refractivity contribution in [3.05, 3.63) is 28.5 Å². The van der Waals surface area contributed by atoms with Crippen LogP contribution < -0.4 is 10.6 Å². The fourth-order valence-electron chi connectivity index (χ4n) is 4.72. The Morgan fingerprint density at radius 2 is 2.00 bits per heavy atom. The number of carbonyl (C=O) groups is 1. The quantitative estimate of drug-likeness (QED) is 0.618. The molecule has 3 heterocycles. The van der Waals surface area contributed by atoms with Crippen LogP contribution in [0, 0.1) is 17.2 Å². The lowest BCUT2D eigenvalue weighted by atomic mass is 10.0. The molecule has 1 aliphatic heterocycles. The summed E-state index contributed by atoms with van der Waals surface area (Å²) in [5.41, 5.74) is 8.52. The predicted molar refractivity (Wildman–Crippen MR) is 124 cm³/mol. The number of nitrogens with two attached hydrogens (primary N) is 1. The molecular weight excluding hydrogens is 442 g/mol. The van der Waals surface area contributed by atoms with E-state index in [2.05, 4.69) is 20.9 Å². The summed E-state index contributed by atoms with van der Waals surface area (Å²) in [5, 5.41) is 19.4. The first kappa shape index (κ1) is 21.9. The molecule has 2 aliphatic carbocycles. The molecule has 3 fully saturated rings. The maximum atomic E-state index is 12.6. The van der Waals surface area contributed by atoms with Gasteiger partial charge in [-0.1, -0.05) is 11.6 Å². The Morgan fingerprint density at radius 3 is 2.64 bits per heavy atom. The number of nitrogen functional groups attached to an aromatic ring is 1. The Bertz CT molecular complexity index is 1110. The molecule has 2 aromatic heterocycles. The van der Waals surface area contributed by atoms with Crippen molar-refractivity contribution in [3.8, 4) is 17.3 Å². The number of hydrogen-bond donors (Lipinski definition) is 2. The summed E-state index contributed by atoms with van der Waals surface area (Å²) in [6.07, 6.45) is 4.42. The molecule has 2 aromatic rings. The van der Waals surface area contributed by atoms with E-state index in [9.17, 15) is 15.2 Å². The summed E-state index contributed by atoms with van der Waals surface area (Å²) in [6.45, 7) is 1.66. The van der Waals surface area contributed by atoms with Gasteiger partial charge < -0.3 is 20.6 Å². The van der Waals surface area contributed by atoms with Crippen molar-refractivity contribution in [2.24, 2.45) is 5.92 Å². The van der Waals surface area contributed by atoms with Gasteiger partial charge in [0, 0.05) is 43.6 Å². The van der Waals surface area contributed by atoms with E-state index >= 15 is 0 Å². The number of rotatable bonds is 6. The fraction of sp³-hybridized carbons (Fsp3) is 0.522. The second-order valence-corrected chi connectivity index (χ2v) is 9.41. The summed E-state index contributed by atoms with van der Waals surface area (Å²) in [6, 6.07) is 5.87. The van der Waals surface area contributed by atoms with Crippen LogP contribution in [0.15, 0.2) is 12.1 Å². The van der Waals surface area contributed by atoms with Gasteiger partial charge in [0.2, 0.25) is 11.9 Å². The minimum atomic E-state index is -0.139. The van der Waals surface area contributed by atoms with Gasteiger partial charge in [-0.25, -0.2) is 15.0 Å². The van der Waals surface area contributed by atoms with Crippen molar-refractivity contribution >= 4 is 29.3 Å². The van der Waals surface area contributed by atoms with Crippen LogP contribution in [0.25, 0.3) is 11.3 Å². The molecule has 5 rings (SSSR count). The summed E-state index contributed by atoms with van der Waals surface area (Å²) in [5.74, 6) is 1.52. The number of aliphatic hydroxyl groups excluding tert-OH is 1. The Hall–Kier alpha value is -2.96. The Morgan fingerprint density at radius 1 is 1.21 bits per heavy atom. The summed E-state index contributed by atoms with van der Waals surface area (Å²) in [7, 11) is 0. The molecule has 0 radical (unpaired) electrons. The minimum Gasteiger partial charge on any atom is -0.396 e. The van der Waals surface area contributed by atoms with Crippen molar-refractivity contribution < 1.29 is 9.90 Å². The van der Waals surface area contributed by atoms with Crippen LogP contribution in [0.5, 0.6) is 0 Å². The number of pyridine rings is 1. The van der Waals surface area contributed by atoms with E-state index in [0.29, 0.717) is 48.5 Å². The lowest BCUT2D eigenvalue weighted by Gasteiger charge is -2.42. The molecule has 0 spiro atoms. The van der Waals surface area contributed by atoms with Crippen LogP contribution in [0.2, 0.25) is 5.15 Å². The average Bonchev–Trinajstić information content (AvgIpc) is 3.70. The summed E-state index contributed by atoms with van der Waals surface area (Å²) >= 11 is 6.11. The highest BCUT2D eigenvalue weighted by atomic mass is 35.5. The van der Waals surface area contributed by atoms with Crippen LogP contribution in [0.4, 0.5) is 11.8 Å². The lowest BCUT2D eigenvalue weighted by Crippen LogP contribution is -2.56. The van der Waals surface area contributed by atoms with E-state index in [1.54, 1.807) is 6.07 Å². The highest BCUT2D eigenvalue weighted by Crippen LogP contribution is 2.45. The molecule has 1 atom stereocenters. The van der Waals surface area contributed by atoms with Crippen LogP contribution in [-0.4, -0.2) is 63.1 Å². The number of aliphatic hydroxyl groups is 1. The number of aromatic nitrogens is 3. The van der Waals surface area contributed by atoms with Gasteiger partial charge in [-0.3, -0.25) is 4.79 Å². The lowest BCUT2D eigenvalue weighted by molar-refractivity contribution is -0.135. The average molecular weight is 468 g/mol. The van der Waals surface area contributed by atoms with Crippen molar-refractivity contribution in [2.75, 3.05) is 36.9 Å². The van der Waals surface area contributed by atoms with Gasteiger partial charge in [-0.15, -0.1) is 0 Å². The summed E-state index contributed by atoms with van der Waals surface area (Å²) in [4.78, 5) is 29.9. The third-order valence-electron chi connectivity index (χ3n) is 6.63. The van der Waals surface area contributed by atoms with Crippen LogP contribution in [0.3, 0.4) is 0 Å². The van der Waals surface area contributed by atoms with E-state index in [0.717, 1.165) is 36.9 Å². The smallest absolute Gasteiger partial charge is 0.225 e. The number of halogens is 1. The SMILES string of the molecule is N#Cc1cc(-c2cc(Cl)nc(N)n2)c(C2CC2)nc1N1CCN(C(=O)CCO)C(C2CC2)C1. The predicted octanol–water partition coefficient (Wildman–Crippen LogP) is 2.33. The zero-order valence-electron chi connectivity index (χ0n) is 18.2. The zero-order valence-corrected chi connectivity index (χ0v) is 19.0. The Balaban J connectivity index is 1.50. The Labute approximate surface area is 197 Å². The minimum absolute atomic E-state index is 0.00485. The van der Waals surface area contributed by atoms with Gasteiger partial charge in [-0.2, -0.15) is 5.26 Å². The first-order valence-electron chi connectivity index (χ1n) is 11.4.